The first-order chi connectivity index (χ1) is 8.13. The number of anilines is 1. The number of nitrogens with one attached hydrogen (secondary N) is 1. The van der Waals surface area contributed by atoms with Gasteiger partial charge in [0.25, 0.3) is 0 Å². The fourth-order valence-corrected chi connectivity index (χ4v) is 1.53. The minimum Gasteiger partial charge on any atom is -0.389 e. The quantitative estimate of drug-likeness (QED) is 0.674. The van der Waals surface area contributed by atoms with Gasteiger partial charge in [-0.1, -0.05) is 13.3 Å². The summed E-state index contributed by atoms with van der Waals surface area (Å²) < 4.78 is 7.10. The van der Waals surface area contributed by atoms with Crippen molar-refractivity contribution in [3.8, 4) is 0 Å². The zero-order valence-electron chi connectivity index (χ0n) is 10.9. The van der Waals surface area contributed by atoms with Crippen LogP contribution in [0.3, 0.4) is 0 Å². The monoisotopic (exact) mass is 241 g/mol. The van der Waals surface area contributed by atoms with E-state index in [-0.39, 0.29) is 0 Å². The molecule has 0 aliphatic rings. The molecule has 0 aliphatic carbocycles. The molecule has 0 saturated carbocycles. The van der Waals surface area contributed by atoms with E-state index in [2.05, 4.69) is 17.3 Å². The standard InChI is InChI=1S/C12H23N3O2/c1-4-5-6-17-9-11(16)7-13-12-8-15(3)14-10(12)2/h8,11,13,16H,4-7,9H2,1-3H3. The number of aryl methyl sites for hydroxylation is 2. The first-order valence-corrected chi connectivity index (χ1v) is 6.13. The van der Waals surface area contributed by atoms with Gasteiger partial charge in [-0.2, -0.15) is 5.10 Å². The van der Waals surface area contributed by atoms with E-state index in [1.165, 1.54) is 0 Å². The van der Waals surface area contributed by atoms with E-state index < -0.39 is 6.10 Å². The maximum atomic E-state index is 9.69. The van der Waals surface area contributed by atoms with Crippen molar-refractivity contribution in [3.05, 3.63) is 11.9 Å². The van der Waals surface area contributed by atoms with E-state index in [0.29, 0.717) is 13.2 Å². The van der Waals surface area contributed by atoms with Crippen LogP contribution < -0.4 is 5.32 Å². The number of rotatable bonds is 8. The third-order valence-corrected chi connectivity index (χ3v) is 2.49. The number of unbranched alkanes of at least 4 members (excludes halogenated alkanes) is 1. The van der Waals surface area contributed by atoms with Crippen LogP contribution in [0.2, 0.25) is 0 Å². The molecule has 5 heteroatoms. The number of hydrogen-bond acceptors (Lipinski definition) is 4. The average Bonchev–Trinajstić information content (AvgIpc) is 2.61. The van der Waals surface area contributed by atoms with Crippen LogP contribution in [-0.2, 0) is 11.8 Å². The van der Waals surface area contributed by atoms with Gasteiger partial charge in [0.05, 0.1) is 24.1 Å². The Kier molecular flexibility index (Phi) is 6.00. The van der Waals surface area contributed by atoms with Gasteiger partial charge >= 0.3 is 0 Å². The Bertz CT molecular complexity index is 326. The molecule has 17 heavy (non-hydrogen) atoms. The summed E-state index contributed by atoms with van der Waals surface area (Å²) in [7, 11) is 1.88. The summed E-state index contributed by atoms with van der Waals surface area (Å²) in [4.78, 5) is 0. The maximum Gasteiger partial charge on any atom is 0.0945 e. The fraction of sp³-hybridized carbons (Fsp3) is 0.750. The number of ether oxygens (including phenoxy) is 1. The van der Waals surface area contributed by atoms with Crippen molar-refractivity contribution >= 4 is 5.69 Å². The van der Waals surface area contributed by atoms with Gasteiger partial charge in [-0.15, -0.1) is 0 Å². The van der Waals surface area contributed by atoms with Crippen molar-refractivity contribution in [1.82, 2.24) is 9.78 Å². The van der Waals surface area contributed by atoms with Crippen LogP contribution in [0, 0.1) is 6.92 Å². The maximum absolute atomic E-state index is 9.69. The van der Waals surface area contributed by atoms with Crippen LogP contribution in [0.15, 0.2) is 6.20 Å². The Labute approximate surface area is 103 Å². The van der Waals surface area contributed by atoms with Crippen molar-refractivity contribution in [2.75, 3.05) is 25.1 Å². The highest BCUT2D eigenvalue weighted by molar-refractivity contribution is 5.45. The van der Waals surface area contributed by atoms with E-state index in [0.717, 1.165) is 30.8 Å². The lowest BCUT2D eigenvalue weighted by Gasteiger charge is -2.12. The van der Waals surface area contributed by atoms with Crippen LogP contribution in [0.25, 0.3) is 0 Å². The smallest absolute Gasteiger partial charge is 0.0945 e. The molecule has 1 rings (SSSR count). The highest BCUT2D eigenvalue weighted by atomic mass is 16.5. The molecular weight excluding hydrogens is 218 g/mol. The van der Waals surface area contributed by atoms with Gasteiger partial charge < -0.3 is 15.2 Å². The van der Waals surface area contributed by atoms with Gasteiger partial charge in [0, 0.05) is 26.4 Å². The average molecular weight is 241 g/mol. The number of nitrogens with zero attached hydrogens (tertiary/aromatic N) is 2. The molecule has 2 N–H and O–H groups in total. The Morgan fingerprint density at radius 2 is 2.35 bits per heavy atom. The zero-order valence-corrected chi connectivity index (χ0v) is 10.9. The second kappa shape index (κ2) is 7.29. The normalized spacial score (nSPS) is 12.7. The molecular formula is C12H23N3O2. The van der Waals surface area contributed by atoms with Gasteiger partial charge in [-0.25, -0.2) is 0 Å². The van der Waals surface area contributed by atoms with E-state index in [1.807, 2.05) is 20.2 Å². The van der Waals surface area contributed by atoms with E-state index in [4.69, 9.17) is 4.74 Å². The van der Waals surface area contributed by atoms with Crippen molar-refractivity contribution < 1.29 is 9.84 Å². The summed E-state index contributed by atoms with van der Waals surface area (Å²) >= 11 is 0. The molecule has 0 spiro atoms. The molecule has 98 valence electrons. The van der Waals surface area contributed by atoms with Gasteiger partial charge in [0.15, 0.2) is 0 Å². The van der Waals surface area contributed by atoms with Crippen LogP contribution in [0.1, 0.15) is 25.5 Å². The summed E-state index contributed by atoms with van der Waals surface area (Å²) in [5.74, 6) is 0. The van der Waals surface area contributed by atoms with Gasteiger partial charge in [0.2, 0.25) is 0 Å². The second-order valence-electron chi connectivity index (χ2n) is 4.27. The number of aliphatic hydroxyl groups is 1. The predicted octanol–water partition coefficient (Wildman–Crippen LogP) is 1.32. The van der Waals surface area contributed by atoms with Gasteiger partial charge in [0.1, 0.15) is 0 Å². The van der Waals surface area contributed by atoms with Crippen molar-refractivity contribution in [1.29, 1.82) is 0 Å². The van der Waals surface area contributed by atoms with E-state index in [9.17, 15) is 5.11 Å². The van der Waals surface area contributed by atoms with Crippen LogP contribution in [0.4, 0.5) is 5.69 Å². The SMILES string of the molecule is CCCCOCC(O)CNc1cn(C)nc1C. The minimum absolute atomic E-state index is 0.381. The fourth-order valence-electron chi connectivity index (χ4n) is 1.53. The summed E-state index contributed by atoms with van der Waals surface area (Å²) in [5.41, 5.74) is 1.90. The minimum atomic E-state index is -0.480. The molecule has 1 aromatic heterocycles. The third-order valence-electron chi connectivity index (χ3n) is 2.49. The Hall–Kier alpha value is -1.07. The van der Waals surface area contributed by atoms with Crippen molar-refractivity contribution in [2.45, 2.75) is 32.8 Å². The molecule has 1 atom stereocenters. The molecule has 1 unspecified atom stereocenters. The zero-order chi connectivity index (χ0) is 12.7. The van der Waals surface area contributed by atoms with Crippen LogP contribution in [-0.4, -0.2) is 40.7 Å². The number of aliphatic hydroxyl groups excluding tert-OH is 1. The van der Waals surface area contributed by atoms with Crippen molar-refractivity contribution in [2.24, 2.45) is 7.05 Å². The lowest BCUT2D eigenvalue weighted by Crippen LogP contribution is -2.25. The molecule has 0 aromatic carbocycles. The first kappa shape index (κ1) is 14.0. The molecule has 1 heterocycles. The largest absolute Gasteiger partial charge is 0.389 e. The molecule has 5 nitrogen and oxygen atoms in total. The highest BCUT2D eigenvalue weighted by Gasteiger charge is 2.07. The van der Waals surface area contributed by atoms with Gasteiger partial charge in [-0.05, 0) is 13.3 Å². The molecule has 0 aliphatic heterocycles. The third kappa shape index (κ3) is 5.19. The van der Waals surface area contributed by atoms with Gasteiger partial charge in [-0.3, -0.25) is 4.68 Å². The van der Waals surface area contributed by atoms with Crippen molar-refractivity contribution in [3.63, 3.8) is 0 Å². The van der Waals surface area contributed by atoms with Crippen LogP contribution >= 0.6 is 0 Å². The van der Waals surface area contributed by atoms with E-state index in [1.54, 1.807) is 4.68 Å². The lowest BCUT2D eigenvalue weighted by atomic mass is 10.3. The molecule has 0 fully saturated rings. The molecule has 0 saturated heterocycles. The number of hydrogen-bond donors (Lipinski definition) is 2. The topological polar surface area (TPSA) is 59.3 Å². The highest BCUT2D eigenvalue weighted by Crippen LogP contribution is 2.10. The number of aromatic nitrogens is 2. The predicted molar refractivity (Wildman–Crippen MR) is 68.2 cm³/mol. The summed E-state index contributed by atoms with van der Waals surface area (Å²) in [6.45, 7) is 5.64. The summed E-state index contributed by atoms with van der Waals surface area (Å²) in [5, 5.41) is 17.1. The summed E-state index contributed by atoms with van der Waals surface area (Å²) in [6.07, 6.45) is 3.58. The van der Waals surface area contributed by atoms with Crippen LogP contribution in [0.5, 0.6) is 0 Å². The molecule has 1 aromatic rings. The molecule has 0 bridgehead atoms. The molecule has 0 amide bonds. The lowest BCUT2D eigenvalue weighted by molar-refractivity contribution is 0.0421. The first-order valence-electron chi connectivity index (χ1n) is 6.13. The Morgan fingerprint density at radius 3 is 2.94 bits per heavy atom. The summed E-state index contributed by atoms with van der Waals surface area (Å²) in [6, 6.07) is 0. The second-order valence-corrected chi connectivity index (χ2v) is 4.27. The Balaban J connectivity index is 2.19. The molecule has 0 radical (unpaired) electrons. The van der Waals surface area contributed by atoms with E-state index >= 15 is 0 Å². The Morgan fingerprint density at radius 1 is 1.59 bits per heavy atom.